The van der Waals surface area contributed by atoms with Crippen LogP contribution in [0, 0.1) is 0 Å². The maximum atomic E-state index is 12.8. The lowest BCUT2D eigenvalue weighted by Gasteiger charge is -2.28. The summed E-state index contributed by atoms with van der Waals surface area (Å²) in [6.45, 7) is 1.64. The molecule has 2 N–H and O–H groups in total. The molecule has 6 nitrogen and oxygen atoms in total. The van der Waals surface area contributed by atoms with Gasteiger partial charge in [-0.05, 0) is 43.5 Å². The van der Waals surface area contributed by atoms with Crippen molar-refractivity contribution in [1.82, 2.24) is 15.5 Å². The molecule has 0 saturated carbocycles. The van der Waals surface area contributed by atoms with Crippen LogP contribution in [0.3, 0.4) is 0 Å². The van der Waals surface area contributed by atoms with E-state index in [1.165, 1.54) is 0 Å². The van der Waals surface area contributed by atoms with Gasteiger partial charge in [-0.25, -0.2) is 0 Å². The Balaban J connectivity index is 1.89. The molecule has 1 aliphatic rings. The van der Waals surface area contributed by atoms with E-state index < -0.39 is 6.04 Å². The van der Waals surface area contributed by atoms with Crippen LogP contribution >= 0.6 is 11.8 Å². The number of para-hydroxylation sites is 1. The SMILES string of the molecule is CSCCC(NC(=O)COc1ccccc1)C(=O)N(C)C1CCNC1. The largest absolute Gasteiger partial charge is 0.484 e. The van der Waals surface area contributed by atoms with Gasteiger partial charge in [0.1, 0.15) is 11.8 Å². The number of nitrogens with one attached hydrogen (secondary N) is 2. The maximum absolute atomic E-state index is 12.8. The molecule has 1 heterocycles. The summed E-state index contributed by atoms with van der Waals surface area (Å²) in [5, 5.41) is 6.10. The van der Waals surface area contributed by atoms with E-state index in [9.17, 15) is 9.59 Å². The van der Waals surface area contributed by atoms with Gasteiger partial charge in [0.2, 0.25) is 5.91 Å². The van der Waals surface area contributed by atoms with Crippen LogP contribution in [0.25, 0.3) is 0 Å². The third-order valence-corrected chi connectivity index (χ3v) is 4.93. The number of rotatable bonds is 9. The zero-order valence-corrected chi connectivity index (χ0v) is 15.7. The van der Waals surface area contributed by atoms with Crippen LogP contribution in [0.1, 0.15) is 12.8 Å². The van der Waals surface area contributed by atoms with E-state index in [4.69, 9.17) is 4.74 Å². The number of carbonyl (C=O) groups excluding carboxylic acids is 2. The molecule has 2 amide bonds. The molecule has 1 saturated heterocycles. The molecule has 1 aliphatic heterocycles. The minimum atomic E-state index is -0.509. The molecule has 2 unspecified atom stereocenters. The molecule has 1 aromatic rings. The Morgan fingerprint density at radius 2 is 2.16 bits per heavy atom. The molecule has 138 valence electrons. The van der Waals surface area contributed by atoms with Crippen LogP contribution < -0.4 is 15.4 Å². The second kappa shape index (κ2) is 10.3. The Kier molecular flexibility index (Phi) is 8.08. The predicted molar refractivity (Wildman–Crippen MR) is 101 cm³/mol. The molecule has 0 aliphatic carbocycles. The van der Waals surface area contributed by atoms with E-state index in [1.54, 1.807) is 28.8 Å². The number of benzene rings is 1. The van der Waals surface area contributed by atoms with Crippen LogP contribution in [0.2, 0.25) is 0 Å². The Morgan fingerprint density at radius 3 is 2.80 bits per heavy atom. The Morgan fingerprint density at radius 1 is 1.40 bits per heavy atom. The van der Waals surface area contributed by atoms with Crippen LogP contribution in [0.5, 0.6) is 5.75 Å². The van der Waals surface area contributed by atoms with Gasteiger partial charge in [0, 0.05) is 19.6 Å². The molecule has 1 fully saturated rings. The first kappa shape index (κ1) is 19.6. The summed E-state index contributed by atoms with van der Waals surface area (Å²) in [6.07, 6.45) is 3.55. The highest BCUT2D eigenvalue weighted by Gasteiger charge is 2.29. The van der Waals surface area contributed by atoms with Crippen molar-refractivity contribution in [2.75, 3.05) is 38.8 Å². The Labute approximate surface area is 153 Å². The number of nitrogens with zero attached hydrogens (tertiary/aromatic N) is 1. The fourth-order valence-electron chi connectivity index (χ4n) is 2.79. The van der Waals surface area contributed by atoms with Gasteiger partial charge in [0.05, 0.1) is 0 Å². The lowest BCUT2D eigenvalue weighted by molar-refractivity contribution is -0.137. The highest BCUT2D eigenvalue weighted by molar-refractivity contribution is 7.98. The maximum Gasteiger partial charge on any atom is 0.258 e. The topological polar surface area (TPSA) is 70.7 Å². The minimum Gasteiger partial charge on any atom is -0.484 e. The van der Waals surface area contributed by atoms with Crippen molar-refractivity contribution >= 4 is 23.6 Å². The summed E-state index contributed by atoms with van der Waals surface area (Å²) in [7, 11) is 1.82. The molecular weight excluding hydrogens is 338 g/mol. The number of amides is 2. The van der Waals surface area contributed by atoms with Crippen molar-refractivity contribution in [2.24, 2.45) is 0 Å². The van der Waals surface area contributed by atoms with E-state index in [1.807, 2.05) is 31.5 Å². The number of hydrogen-bond acceptors (Lipinski definition) is 5. The van der Waals surface area contributed by atoms with Crippen molar-refractivity contribution in [3.05, 3.63) is 30.3 Å². The van der Waals surface area contributed by atoms with Gasteiger partial charge < -0.3 is 20.3 Å². The molecule has 0 spiro atoms. The van der Waals surface area contributed by atoms with Gasteiger partial charge >= 0.3 is 0 Å². The van der Waals surface area contributed by atoms with E-state index >= 15 is 0 Å². The van der Waals surface area contributed by atoms with Crippen LogP contribution in [-0.4, -0.2) is 67.6 Å². The summed E-state index contributed by atoms with van der Waals surface area (Å²) in [6, 6.07) is 8.87. The molecule has 0 radical (unpaired) electrons. The fraction of sp³-hybridized carbons (Fsp3) is 0.556. The monoisotopic (exact) mass is 365 g/mol. The smallest absolute Gasteiger partial charge is 0.258 e. The van der Waals surface area contributed by atoms with Crippen molar-refractivity contribution in [1.29, 1.82) is 0 Å². The highest BCUT2D eigenvalue weighted by Crippen LogP contribution is 2.11. The van der Waals surface area contributed by atoms with E-state index in [2.05, 4.69) is 10.6 Å². The van der Waals surface area contributed by atoms with Gasteiger partial charge in [0.15, 0.2) is 6.61 Å². The zero-order chi connectivity index (χ0) is 18.1. The van der Waals surface area contributed by atoms with Crippen LogP contribution in [-0.2, 0) is 9.59 Å². The lowest BCUT2D eigenvalue weighted by atomic mass is 10.1. The first-order valence-electron chi connectivity index (χ1n) is 8.55. The lowest BCUT2D eigenvalue weighted by Crippen LogP contribution is -2.51. The van der Waals surface area contributed by atoms with E-state index in [0.717, 1.165) is 25.3 Å². The molecule has 0 bridgehead atoms. The summed E-state index contributed by atoms with van der Waals surface area (Å²) in [5.41, 5.74) is 0. The van der Waals surface area contributed by atoms with Gasteiger partial charge in [0.25, 0.3) is 5.91 Å². The highest BCUT2D eigenvalue weighted by atomic mass is 32.2. The summed E-state index contributed by atoms with van der Waals surface area (Å²) < 4.78 is 5.46. The molecule has 2 rings (SSSR count). The van der Waals surface area contributed by atoms with Gasteiger partial charge in [-0.3, -0.25) is 9.59 Å². The number of carbonyl (C=O) groups is 2. The second-order valence-corrected chi connectivity index (χ2v) is 7.08. The van der Waals surface area contributed by atoms with E-state index in [-0.39, 0.29) is 24.5 Å². The average Bonchev–Trinajstić information content (AvgIpc) is 3.17. The van der Waals surface area contributed by atoms with Crippen molar-refractivity contribution in [3.8, 4) is 5.75 Å². The predicted octanol–water partition coefficient (Wildman–Crippen LogP) is 1.12. The van der Waals surface area contributed by atoms with Crippen LogP contribution in [0.15, 0.2) is 30.3 Å². The Hall–Kier alpha value is -1.73. The average molecular weight is 365 g/mol. The molecule has 7 heteroatoms. The van der Waals surface area contributed by atoms with Crippen molar-refractivity contribution < 1.29 is 14.3 Å². The molecule has 2 atom stereocenters. The number of ether oxygens (including phenoxy) is 1. The fourth-order valence-corrected chi connectivity index (χ4v) is 3.26. The minimum absolute atomic E-state index is 0.0317. The second-order valence-electron chi connectivity index (χ2n) is 6.10. The molecular formula is C18H27N3O3S. The standard InChI is InChI=1S/C18H27N3O3S/c1-21(14-8-10-19-12-14)18(23)16(9-11-25-2)20-17(22)13-24-15-6-4-3-5-7-15/h3-7,14,16,19H,8-13H2,1-2H3,(H,20,22). The van der Waals surface area contributed by atoms with Gasteiger partial charge in [-0.2, -0.15) is 11.8 Å². The van der Waals surface area contributed by atoms with Crippen molar-refractivity contribution in [2.45, 2.75) is 24.9 Å². The van der Waals surface area contributed by atoms with Gasteiger partial charge in [-0.15, -0.1) is 0 Å². The third-order valence-electron chi connectivity index (χ3n) is 4.29. The Bertz CT molecular complexity index is 550. The number of thioether (sulfide) groups is 1. The normalized spacial score (nSPS) is 17.8. The van der Waals surface area contributed by atoms with Gasteiger partial charge in [-0.1, -0.05) is 18.2 Å². The number of likely N-dealkylation sites (N-methyl/N-ethyl adjacent to an activating group) is 1. The summed E-state index contributed by atoms with van der Waals surface area (Å²) >= 11 is 1.66. The zero-order valence-electron chi connectivity index (χ0n) is 14.9. The summed E-state index contributed by atoms with van der Waals surface area (Å²) in [4.78, 5) is 26.8. The number of hydrogen-bond donors (Lipinski definition) is 2. The first-order valence-corrected chi connectivity index (χ1v) is 9.94. The quantitative estimate of drug-likeness (QED) is 0.686. The molecule has 1 aromatic carbocycles. The van der Waals surface area contributed by atoms with Crippen LogP contribution in [0.4, 0.5) is 0 Å². The molecule has 0 aromatic heterocycles. The summed E-state index contributed by atoms with van der Waals surface area (Å²) in [5.74, 6) is 1.14. The first-order chi connectivity index (χ1) is 12.1. The molecule has 25 heavy (non-hydrogen) atoms. The third kappa shape index (κ3) is 6.25. The van der Waals surface area contributed by atoms with Crippen molar-refractivity contribution in [3.63, 3.8) is 0 Å². The van der Waals surface area contributed by atoms with E-state index in [0.29, 0.717) is 12.2 Å².